The van der Waals surface area contributed by atoms with Gasteiger partial charge in [0.25, 0.3) is 5.91 Å². The van der Waals surface area contributed by atoms with Crippen molar-refractivity contribution in [3.8, 4) is 17.2 Å². The van der Waals surface area contributed by atoms with Crippen LogP contribution in [0.1, 0.15) is 26.3 Å². The third-order valence-corrected chi connectivity index (χ3v) is 4.65. The fourth-order valence-electron chi connectivity index (χ4n) is 3.00. The maximum atomic E-state index is 12.6. The average Bonchev–Trinajstić information content (AvgIpc) is 3.22. The van der Waals surface area contributed by atoms with Crippen LogP contribution in [0.25, 0.3) is 0 Å². The van der Waals surface area contributed by atoms with Crippen molar-refractivity contribution in [3.63, 3.8) is 0 Å². The quantitative estimate of drug-likeness (QED) is 0.494. The number of para-hydroxylation sites is 1. The first-order valence-corrected chi connectivity index (χ1v) is 9.08. The van der Waals surface area contributed by atoms with Crippen LogP contribution in [0.2, 0.25) is 0 Å². The molecule has 0 atom stereocenters. The predicted molar refractivity (Wildman–Crippen MR) is 108 cm³/mol. The first-order chi connectivity index (χ1) is 14.0. The molecule has 146 valence electrons. The molecular formula is C23H19NO5. The molecule has 0 unspecified atom stereocenters. The number of aryl methyl sites for hydroxylation is 1. The summed E-state index contributed by atoms with van der Waals surface area (Å²) in [6, 6.07) is 19.2. The van der Waals surface area contributed by atoms with Gasteiger partial charge in [0, 0.05) is 18.3 Å². The largest absolute Gasteiger partial charge is 0.454 e. The maximum absolute atomic E-state index is 12.6. The smallest absolute Gasteiger partial charge is 0.347 e. The lowest BCUT2D eigenvalue weighted by Crippen LogP contribution is -2.26. The summed E-state index contributed by atoms with van der Waals surface area (Å²) >= 11 is 0. The molecule has 29 heavy (non-hydrogen) atoms. The van der Waals surface area contributed by atoms with Gasteiger partial charge in [0.2, 0.25) is 6.79 Å². The van der Waals surface area contributed by atoms with Gasteiger partial charge in [-0.05, 0) is 55.5 Å². The molecule has 0 radical (unpaired) electrons. The van der Waals surface area contributed by atoms with Gasteiger partial charge < -0.3 is 19.1 Å². The van der Waals surface area contributed by atoms with E-state index in [4.69, 9.17) is 14.2 Å². The number of ether oxygens (including phenoxy) is 3. The first-order valence-electron chi connectivity index (χ1n) is 9.08. The lowest BCUT2D eigenvalue weighted by molar-refractivity contribution is 0.0729. The van der Waals surface area contributed by atoms with Crippen molar-refractivity contribution in [2.75, 3.05) is 18.7 Å². The molecule has 1 aliphatic rings. The third-order valence-electron chi connectivity index (χ3n) is 4.65. The van der Waals surface area contributed by atoms with Crippen molar-refractivity contribution >= 4 is 17.6 Å². The lowest BCUT2D eigenvalue weighted by Gasteiger charge is -2.18. The highest BCUT2D eigenvalue weighted by atomic mass is 16.7. The number of nitrogens with zero attached hydrogens (tertiary/aromatic N) is 1. The van der Waals surface area contributed by atoms with Crippen LogP contribution in [-0.2, 0) is 0 Å². The Labute approximate surface area is 168 Å². The molecule has 4 rings (SSSR count). The molecule has 3 aromatic rings. The van der Waals surface area contributed by atoms with Gasteiger partial charge in [0.05, 0.1) is 0 Å². The van der Waals surface area contributed by atoms with E-state index < -0.39 is 5.97 Å². The molecule has 0 fully saturated rings. The SMILES string of the molecule is Cc1ccc(C(=O)N(C)c2ccc(OC(=O)c3cccc4c3OCO4)cc2)cc1. The van der Waals surface area contributed by atoms with Crippen LogP contribution in [0.15, 0.2) is 66.7 Å². The fraction of sp³-hybridized carbons (Fsp3) is 0.130. The summed E-state index contributed by atoms with van der Waals surface area (Å²) in [4.78, 5) is 26.7. The number of carbonyl (C=O) groups is 2. The van der Waals surface area contributed by atoms with E-state index in [-0.39, 0.29) is 12.7 Å². The Morgan fingerprint density at radius 3 is 2.38 bits per heavy atom. The minimum atomic E-state index is -0.538. The van der Waals surface area contributed by atoms with E-state index in [2.05, 4.69) is 0 Å². The second kappa shape index (κ2) is 7.67. The van der Waals surface area contributed by atoms with E-state index in [0.717, 1.165) is 5.56 Å². The Balaban J connectivity index is 1.46. The predicted octanol–water partition coefficient (Wildman–Crippen LogP) is 4.22. The molecule has 0 spiro atoms. The Morgan fingerprint density at radius 2 is 1.66 bits per heavy atom. The monoisotopic (exact) mass is 389 g/mol. The summed E-state index contributed by atoms with van der Waals surface area (Å²) in [7, 11) is 1.70. The zero-order valence-electron chi connectivity index (χ0n) is 16.0. The van der Waals surface area contributed by atoms with Gasteiger partial charge in [-0.2, -0.15) is 0 Å². The molecule has 6 nitrogen and oxygen atoms in total. The van der Waals surface area contributed by atoms with Crippen LogP contribution in [0.4, 0.5) is 5.69 Å². The molecule has 0 bridgehead atoms. The Hall–Kier alpha value is -3.80. The number of fused-ring (bicyclic) bond motifs is 1. The van der Waals surface area contributed by atoms with Crippen molar-refractivity contribution in [2.45, 2.75) is 6.92 Å². The van der Waals surface area contributed by atoms with E-state index in [0.29, 0.717) is 34.1 Å². The third kappa shape index (κ3) is 3.78. The van der Waals surface area contributed by atoms with Crippen LogP contribution in [0.5, 0.6) is 17.2 Å². The van der Waals surface area contributed by atoms with E-state index in [1.54, 1.807) is 66.5 Å². The highest BCUT2D eigenvalue weighted by Crippen LogP contribution is 2.35. The van der Waals surface area contributed by atoms with Crippen molar-refractivity contribution in [2.24, 2.45) is 0 Å². The normalized spacial score (nSPS) is 11.8. The number of benzene rings is 3. The molecule has 6 heteroatoms. The van der Waals surface area contributed by atoms with Gasteiger partial charge in [-0.15, -0.1) is 0 Å². The van der Waals surface area contributed by atoms with E-state index in [9.17, 15) is 9.59 Å². The summed E-state index contributed by atoms with van der Waals surface area (Å²) in [5, 5.41) is 0. The van der Waals surface area contributed by atoms with Gasteiger partial charge in [-0.1, -0.05) is 23.8 Å². The topological polar surface area (TPSA) is 65.1 Å². The molecule has 0 saturated carbocycles. The van der Waals surface area contributed by atoms with Crippen LogP contribution >= 0.6 is 0 Å². The maximum Gasteiger partial charge on any atom is 0.347 e. The molecule has 0 aliphatic carbocycles. The highest BCUT2D eigenvalue weighted by Gasteiger charge is 2.23. The number of hydrogen-bond acceptors (Lipinski definition) is 5. The number of rotatable bonds is 4. The number of hydrogen-bond donors (Lipinski definition) is 0. The van der Waals surface area contributed by atoms with Gasteiger partial charge in [0.15, 0.2) is 11.5 Å². The Morgan fingerprint density at radius 1 is 0.931 bits per heavy atom. The molecule has 3 aromatic carbocycles. The lowest BCUT2D eigenvalue weighted by atomic mass is 10.1. The molecule has 1 amide bonds. The molecule has 0 aromatic heterocycles. The summed E-state index contributed by atoms with van der Waals surface area (Å²) < 4.78 is 16.1. The Bertz CT molecular complexity index is 1060. The summed E-state index contributed by atoms with van der Waals surface area (Å²) in [5.74, 6) is 0.617. The second-order valence-electron chi connectivity index (χ2n) is 6.65. The van der Waals surface area contributed by atoms with Crippen molar-refractivity contribution in [1.82, 2.24) is 0 Å². The highest BCUT2D eigenvalue weighted by molar-refractivity contribution is 6.05. The Kier molecular flexibility index (Phi) is 4.91. The number of carbonyl (C=O) groups excluding carboxylic acids is 2. The number of anilines is 1. The van der Waals surface area contributed by atoms with Gasteiger partial charge in [-0.3, -0.25) is 4.79 Å². The molecule has 1 aliphatic heterocycles. The summed E-state index contributed by atoms with van der Waals surface area (Å²) in [6.07, 6.45) is 0. The van der Waals surface area contributed by atoms with Gasteiger partial charge in [-0.25, -0.2) is 4.79 Å². The number of amides is 1. The molecule has 0 N–H and O–H groups in total. The molecular weight excluding hydrogens is 370 g/mol. The number of esters is 1. The molecule has 0 saturated heterocycles. The van der Waals surface area contributed by atoms with Crippen LogP contribution in [0.3, 0.4) is 0 Å². The average molecular weight is 389 g/mol. The van der Waals surface area contributed by atoms with Crippen LogP contribution in [-0.4, -0.2) is 25.7 Å². The van der Waals surface area contributed by atoms with Crippen molar-refractivity contribution < 1.29 is 23.8 Å². The minimum Gasteiger partial charge on any atom is -0.454 e. The second-order valence-corrected chi connectivity index (χ2v) is 6.65. The first kappa shape index (κ1) is 18.6. The van der Waals surface area contributed by atoms with E-state index in [1.165, 1.54) is 0 Å². The summed E-state index contributed by atoms with van der Waals surface area (Å²) in [6.45, 7) is 2.05. The zero-order valence-corrected chi connectivity index (χ0v) is 16.0. The summed E-state index contributed by atoms with van der Waals surface area (Å²) in [5.41, 5.74) is 2.69. The fourth-order valence-corrected chi connectivity index (χ4v) is 3.00. The van der Waals surface area contributed by atoms with Crippen molar-refractivity contribution in [1.29, 1.82) is 0 Å². The minimum absolute atomic E-state index is 0.0790. The van der Waals surface area contributed by atoms with Gasteiger partial charge >= 0.3 is 5.97 Å². The van der Waals surface area contributed by atoms with E-state index in [1.807, 2.05) is 19.1 Å². The zero-order chi connectivity index (χ0) is 20.4. The van der Waals surface area contributed by atoms with Crippen molar-refractivity contribution in [3.05, 3.63) is 83.4 Å². The van der Waals surface area contributed by atoms with Crippen LogP contribution < -0.4 is 19.1 Å². The molecule has 1 heterocycles. The van der Waals surface area contributed by atoms with Crippen LogP contribution in [0, 0.1) is 6.92 Å². The van der Waals surface area contributed by atoms with E-state index >= 15 is 0 Å². The van der Waals surface area contributed by atoms with Gasteiger partial charge in [0.1, 0.15) is 11.3 Å². The standard InChI is InChI=1S/C23H19NO5/c1-15-6-8-16(9-7-15)22(25)24(2)17-10-12-18(13-11-17)29-23(26)19-4-3-5-20-21(19)28-14-27-20/h3-13H,14H2,1-2H3.